The van der Waals surface area contributed by atoms with Gasteiger partial charge in [0.15, 0.2) is 0 Å². The maximum absolute atomic E-state index is 6.42. The molecule has 0 saturated carbocycles. The molecule has 0 amide bonds. The summed E-state index contributed by atoms with van der Waals surface area (Å²) in [6.45, 7) is 0. The summed E-state index contributed by atoms with van der Waals surface area (Å²) in [4.78, 5) is 0. The van der Waals surface area contributed by atoms with Crippen molar-refractivity contribution in [2.45, 2.75) is 0 Å². The molecular formula is C28H17ClO. The van der Waals surface area contributed by atoms with Gasteiger partial charge in [-0.3, -0.25) is 0 Å². The normalized spacial score (nSPS) is 11.5. The Morgan fingerprint density at radius 2 is 1.20 bits per heavy atom. The molecule has 5 aromatic carbocycles. The Hall–Kier alpha value is -3.55. The zero-order valence-electron chi connectivity index (χ0n) is 16.1. The topological polar surface area (TPSA) is 13.1 Å². The summed E-state index contributed by atoms with van der Waals surface area (Å²) >= 11 is 6.42. The highest BCUT2D eigenvalue weighted by Gasteiger charge is 2.16. The second kappa shape index (κ2) is 6.76. The van der Waals surface area contributed by atoms with Gasteiger partial charge in [0, 0.05) is 16.0 Å². The van der Waals surface area contributed by atoms with Crippen LogP contribution in [0.2, 0.25) is 5.02 Å². The molecule has 0 aliphatic heterocycles. The summed E-state index contributed by atoms with van der Waals surface area (Å²) in [6, 6.07) is 35.6. The second-order valence-corrected chi connectivity index (χ2v) is 7.97. The van der Waals surface area contributed by atoms with Crippen LogP contribution in [0, 0.1) is 0 Å². The van der Waals surface area contributed by atoms with Crippen molar-refractivity contribution < 1.29 is 4.42 Å². The molecule has 0 spiro atoms. The van der Waals surface area contributed by atoms with Crippen LogP contribution in [0.3, 0.4) is 0 Å². The SMILES string of the molecule is Clc1ccc(-c2cc3ccccc3c3ccccc23)c(-c2cc3ccccc3o2)c1. The first-order valence-corrected chi connectivity index (χ1v) is 10.3. The van der Waals surface area contributed by atoms with E-state index in [0.717, 1.165) is 27.9 Å². The summed E-state index contributed by atoms with van der Waals surface area (Å²) in [5.41, 5.74) is 4.16. The van der Waals surface area contributed by atoms with Gasteiger partial charge in [0.05, 0.1) is 0 Å². The third-order valence-electron chi connectivity index (χ3n) is 5.73. The Morgan fingerprint density at radius 1 is 0.500 bits per heavy atom. The van der Waals surface area contributed by atoms with Crippen molar-refractivity contribution >= 4 is 44.1 Å². The average molecular weight is 405 g/mol. The molecule has 2 heteroatoms. The van der Waals surface area contributed by atoms with E-state index in [0.29, 0.717) is 5.02 Å². The van der Waals surface area contributed by atoms with E-state index < -0.39 is 0 Å². The van der Waals surface area contributed by atoms with Gasteiger partial charge in [0.1, 0.15) is 11.3 Å². The molecule has 1 nitrogen and oxygen atoms in total. The largest absolute Gasteiger partial charge is 0.456 e. The Balaban J connectivity index is 1.70. The number of para-hydroxylation sites is 1. The number of halogens is 1. The summed E-state index contributed by atoms with van der Waals surface area (Å²) in [5, 5.41) is 6.72. The summed E-state index contributed by atoms with van der Waals surface area (Å²) in [5.74, 6) is 0.825. The van der Waals surface area contributed by atoms with E-state index in [1.165, 1.54) is 27.1 Å². The molecule has 0 atom stereocenters. The third kappa shape index (κ3) is 2.71. The fourth-order valence-corrected chi connectivity index (χ4v) is 4.52. The number of hydrogen-bond donors (Lipinski definition) is 0. The first-order chi connectivity index (χ1) is 14.8. The molecule has 0 radical (unpaired) electrons. The van der Waals surface area contributed by atoms with Gasteiger partial charge < -0.3 is 4.42 Å². The molecule has 0 N–H and O–H groups in total. The molecule has 30 heavy (non-hydrogen) atoms. The average Bonchev–Trinajstić information content (AvgIpc) is 3.23. The quantitative estimate of drug-likeness (QED) is 0.263. The smallest absolute Gasteiger partial charge is 0.136 e. The lowest BCUT2D eigenvalue weighted by molar-refractivity contribution is 0.632. The van der Waals surface area contributed by atoms with Gasteiger partial charge in [-0.15, -0.1) is 0 Å². The van der Waals surface area contributed by atoms with Crippen molar-refractivity contribution in [3.8, 4) is 22.5 Å². The van der Waals surface area contributed by atoms with Crippen molar-refractivity contribution in [1.82, 2.24) is 0 Å². The molecule has 0 bridgehead atoms. The predicted molar refractivity (Wildman–Crippen MR) is 127 cm³/mol. The predicted octanol–water partition coefficient (Wildman–Crippen LogP) is 8.73. The van der Waals surface area contributed by atoms with E-state index in [9.17, 15) is 0 Å². The monoisotopic (exact) mass is 404 g/mol. The van der Waals surface area contributed by atoms with Crippen LogP contribution < -0.4 is 0 Å². The van der Waals surface area contributed by atoms with E-state index >= 15 is 0 Å². The highest BCUT2D eigenvalue weighted by atomic mass is 35.5. The van der Waals surface area contributed by atoms with E-state index in [1.807, 2.05) is 30.3 Å². The van der Waals surface area contributed by atoms with Gasteiger partial charge in [-0.1, -0.05) is 84.4 Å². The van der Waals surface area contributed by atoms with Crippen LogP contribution in [0.4, 0.5) is 0 Å². The minimum absolute atomic E-state index is 0.694. The van der Waals surface area contributed by atoms with E-state index in [2.05, 4.69) is 72.8 Å². The number of furan rings is 1. The van der Waals surface area contributed by atoms with Gasteiger partial charge in [0.2, 0.25) is 0 Å². The summed E-state index contributed by atoms with van der Waals surface area (Å²) in [7, 11) is 0. The van der Waals surface area contributed by atoms with Crippen molar-refractivity contribution in [2.75, 3.05) is 0 Å². The lowest BCUT2D eigenvalue weighted by Crippen LogP contribution is -1.88. The molecule has 6 aromatic rings. The van der Waals surface area contributed by atoms with Crippen molar-refractivity contribution in [3.63, 3.8) is 0 Å². The van der Waals surface area contributed by atoms with Gasteiger partial charge in [-0.2, -0.15) is 0 Å². The number of benzene rings is 5. The number of rotatable bonds is 2. The first-order valence-electron chi connectivity index (χ1n) is 9.97. The summed E-state index contributed by atoms with van der Waals surface area (Å²) in [6.07, 6.45) is 0. The van der Waals surface area contributed by atoms with Crippen molar-refractivity contribution in [1.29, 1.82) is 0 Å². The highest BCUT2D eigenvalue weighted by molar-refractivity contribution is 6.31. The maximum Gasteiger partial charge on any atom is 0.136 e. The van der Waals surface area contributed by atoms with Crippen LogP contribution in [-0.2, 0) is 0 Å². The molecule has 1 heterocycles. The fourth-order valence-electron chi connectivity index (χ4n) is 4.35. The molecular weight excluding hydrogens is 388 g/mol. The van der Waals surface area contributed by atoms with Crippen LogP contribution in [0.15, 0.2) is 108 Å². The summed E-state index contributed by atoms with van der Waals surface area (Å²) < 4.78 is 6.21. The molecule has 142 valence electrons. The number of hydrogen-bond acceptors (Lipinski definition) is 1. The first kappa shape index (κ1) is 17.3. The second-order valence-electron chi connectivity index (χ2n) is 7.53. The van der Waals surface area contributed by atoms with Crippen LogP contribution in [0.25, 0.3) is 55.0 Å². The zero-order chi connectivity index (χ0) is 20.1. The Kier molecular flexibility index (Phi) is 3.90. The van der Waals surface area contributed by atoms with Crippen molar-refractivity contribution in [2.24, 2.45) is 0 Å². The number of fused-ring (bicyclic) bond motifs is 4. The van der Waals surface area contributed by atoms with E-state index in [-0.39, 0.29) is 0 Å². The van der Waals surface area contributed by atoms with Gasteiger partial charge in [-0.25, -0.2) is 0 Å². The molecule has 0 aliphatic carbocycles. The minimum Gasteiger partial charge on any atom is -0.456 e. The van der Waals surface area contributed by atoms with E-state index in [4.69, 9.17) is 16.0 Å². The van der Waals surface area contributed by atoms with Gasteiger partial charge in [0.25, 0.3) is 0 Å². The molecule has 6 rings (SSSR count). The fraction of sp³-hybridized carbons (Fsp3) is 0. The van der Waals surface area contributed by atoms with Crippen LogP contribution in [-0.4, -0.2) is 0 Å². The molecule has 0 aliphatic rings. The zero-order valence-corrected chi connectivity index (χ0v) is 16.9. The van der Waals surface area contributed by atoms with Crippen LogP contribution in [0.1, 0.15) is 0 Å². The van der Waals surface area contributed by atoms with Gasteiger partial charge >= 0.3 is 0 Å². The Labute approximate surface area is 179 Å². The third-order valence-corrected chi connectivity index (χ3v) is 5.97. The highest BCUT2D eigenvalue weighted by Crippen LogP contribution is 2.41. The molecule has 1 aromatic heterocycles. The van der Waals surface area contributed by atoms with Crippen LogP contribution in [0.5, 0.6) is 0 Å². The van der Waals surface area contributed by atoms with Crippen molar-refractivity contribution in [3.05, 3.63) is 108 Å². The lowest BCUT2D eigenvalue weighted by atomic mass is 9.90. The minimum atomic E-state index is 0.694. The Bertz CT molecular complexity index is 1530. The van der Waals surface area contributed by atoms with Gasteiger partial charge in [-0.05, 0) is 63.0 Å². The molecule has 0 fully saturated rings. The Morgan fingerprint density at radius 3 is 2.03 bits per heavy atom. The van der Waals surface area contributed by atoms with Crippen LogP contribution >= 0.6 is 11.6 Å². The standard InChI is InChI=1S/C28H17ClO/c29-20-13-14-24(26(17-20)28-16-19-8-2-6-12-27(19)30-28)25-15-18-7-1-3-9-21(18)22-10-4-5-11-23(22)25/h1-17H. The maximum atomic E-state index is 6.42. The van der Waals surface area contributed by atoms with E-state index in [1.54, 1.807) is 0 Å². The lowest BCUT2D eigenvalue weighted by Gasteiger charge is -2.14. The molecule has 0 unspecified atom stereocenters. The molecule has 0 saturated heterocycles.